The number of aromatic amines is 1. The summed E-state index contributed by atoms with van der Waals surface area (Å²) >= 11 is 0. The van der Waals surface area contributed by atoms with Crippen LogP contribution < -0.4 is 0 Å². The molecule has 6 N–H and O–H groups in total. The topological polar surface area (TPSA) is 134 Å². The number of hydrogen-bond acceptors (Lipinski definition) is 5. The minimum atomic E-state index is -1.23. The number of aromatic carboxylic acids is 1. The van der Waals surface area contributed by atoms with E-state index in [1.807, 2.05) is 0 Å². The molecule has 0 spiro atoms. The molecule has 3 aromatic rings. The Kier molecular flexibility index (Phi) is 3.53. The van der Waals surface area contributed by atoms with Gasteiger partial charge >= 0.3 is 5.97 Å². The van der Waals surface area contributed by atoms with Crippen molar-refractivity contribution in [1.82, 2.24) is 4.98 Å². The first-order chi connectivity index (χ1) is 11.3. The second-order valence-corrected chi connectivity index (χ2v) is 5.25. The molecule has 0 fully saturated rings. The number of aromatic nitrogens is 1. The number of nitrogens with one attached hydrogen (secondary N) is 1. The van der Waals surface area contributed by atoms with Crippen LogP contribution in [0.5, 0.6) is 23.0 Å². The molecule has 0 radical (unpaired) electrons. The first-order valence-electron chi connectivity index (χ1n) is 6.86. The Labute approximate surface area is 135 Å². The van der Waals surface area contributed by atoms with Crippen molar-refractivity contribution in [2.45, 2.75) is 0 Å². The average molecular weight is 327 g/mol. The van der Waals surface area contributed by atoms with Crippen molar-refractivity contribution < 1.29 is 30.3 Å². The number of carboxylic acids is 1. The van der Waals surface area contributed by atoms with E-state index >= 15 is 0 Å². The van der Waals surface area contributed by atoms with Crippen molar-refractivity contribution >= 4 is 5.97 Å². The number of carbonyl (C=O) groups is 1. The van der Waals surface area contributed by atoms with Gasteiger partial charge in [0.2, 0.25) is 0 Å². The highest BCUT2D eigenvalue weighted by molar-refractivity contribution is 5.96. The van der Waals surface area contributed by atoms with Crippen LogP contribution in [-0.2, 0) is 0 Å². The Morgan fingerprint density at radius 3 is 1.62 bits per heavy atom. The van der Waals surface area contributed by atoms with Gasteiger partial charge in [0.25, 0.3) is 0 Å². The minimum absolute atomic E-state index is 0.155. The third-order valence-electron chi connectivity index (χ3n) is 3.46. The molecule has 0 unspecified atom stereocenters. The van der Waals surface area contributed by atoms with E-state index < -0.39 is 5.97 Å². The van der Waals surface area contributed by atoms with E-state index in [0.29, 0.717) is 16.8 Å². The SMILES string of the molecule is O=C(O)c1[nH]c(-c2cc(O)cc(O)c2)cc1-c1cc(O)cc(O)c1. The van der Waals surface area contributed by atoms with Crippen molar-refractivity contribution in [1.29, 1.82) is 0 Å². The van der Waals surface area contributed by atoms with E-state index in [1.54, 1.807) is 0 Å². The number of aromatic hydroxyl groups is 4. The summed E-state index contributed by atoms with van der Waals surface area (Å²) in [6.45, 7) is 0. The molecule has 122 valence electrons. The first kappa shape index (κ1) is 15.3. The summed E-state index contributed by atoms with van der Waals surface area (Å²) in [6, 6.07) is 9.13. The fraction of sp³-hybridized carbons (Fsp3) is 0. The molecule has 1 heterocycles. The molecule has 2 aromatic carbocycles. The van der Waals surface area contributed by atoms with E-state index in [1.165, 1.54) is 30.3 Å². The maximum absolute atomic E-state index is 11.5. The summed E-state index contributed by atoms with van der Waals surface area (Å²) < 4.78 is 0. The largest absolute Gasteiger partial charge is 0.508 e. The molecule has 0 aliphatic rings. The molecule has 0 aliphatic carbocycles. The van der Waals surface area contributed by atoms with Crippen LogP contribution in [0.3, 0.4) is 0 Å². The maximum Gasteiger partial charge on any atom is 0.352 e. The molecule has 7 heteroatoms. The van der Waals surface area contributed by atoms with E-state index in [-0.39, 0.29) is 34.3 Å². The molecule has 24 heavy (non-hydrogen) atoms. The second-order valence-electron chi connectivity index (χ2n) is 5.25. The smallest absolute Gasteiger partial charge is 0.352 e. The first-order valence-corrected chi connectivity index (χ1v) is 6.86. The normalized spacial score (nSPS) is 10.7. The number of H-pyrrole nitrogens is 1. The Balaban J connectivity index is 2.20. The van der Waals surface area contributed by atoms with Gasteiger partial charge in [0.15, 0.2) is 0 Å². The highest BCUT2D eigenvalue weighted by Crippen LogP contribution is 2.35. The lowest BCUT2D eigenvalue weighted by atomic mass is 10.0. The number of phenols is 4. The van der Waals surface area contributed by atoms with E-state index in [9.17, 15) is 30.3 Å². The summed E-state index contributed by atoms with van der Waals surface area (Å²) in [5.74, 6) is -2.00. The summed E-state index contributed by atoms with van der Waals surface area (Å²) in [5.41, 5.74) is 1.11. The summed E-state index contributed by atoms with van der Waals surface area (Å²) in [5, 5.41) is 47.7. The van der Waals surface area contributed by atoms with Crippen molar-refractivity contribution in [3.63, 3.8) is 0 Å². The van der Waals surface area contributed by atoms with E-state index in [0.717, 1.165) is 12.1 Å². The van der Waals surface area contributed by atoms with Gasteiger partial charge in [-0.2, -0.15) is 0 Å². The summed E-state index contributed by atoms with van der Waals surface area (Å²) in [4.78, 5) is 14.2. The zero-order valence-electron chi connectivity index (χ0n) is 12.2. The van der Waals surface area contributed by atoms with Crippen LogP contribution in [0.4, 0.5) is 0 Å². The van der Waals surface area contributed by atoms with Gasteiger partial charge in [-0.15, -0.1) is 0 Å². The molecule has 7 nitrogen and oxygen atoms in total. The van der Waals surface area contributed by atoms with Crippen LogP contribution in [0.15, 0.2) is 42.5 Å². The molecule has 0 aliphatic heterocycles. The number of rotatable bonds is 3. The fourth-order valence-electron chi connectivity index (χ4n) is 2.51. The van der Waals surface area contributed by atoms with Gasteiger partial charge in [-0.05, 0) is 35.9 Å². The van der Waals surface area contributed by atoms with Gasteiger partial charge in [-0.1, -0.05) is 0 Å². The molecule has 0 bridgehead atoms. The Morgan fingerprint density at radius 1 is 0.708 bits per heavy atom. The van der Waals surface area contributed by atoms with Gasteiger partial charge in [0.1, 0.15) is 28.7 Å². The highest BCUT2D eigenvalue weighted by atomic mass is 16.4. The molecule has 0 saturated carbocycles. The lowest BCUT2D eigenvalue weighted by Crippen LogP contribution is -1.98. The van der Waals surface area contributed by atoms with Crippen molar-refractivity contribution in [2.75, 3.05) is 0 Å². The van der Waals surface area contributed by atoms with Gasteiger partial charge in [-0.3, -0.25) is 0 Å². The standard InChI is InChI=1S/C17H13NO6/c19-10-1-8(2-11(20)5-10)14-7-15(18-16(14)17(23)24)9-3-12(21)6-13(22)4-9/h1-7,18-22H,(H,23,24). The van der Waals surface area contributed by atoms with Crippen molar-refractivity contribution in [3.8, 4) is 45.4 Å². The molecule has 0 amide bonds. The maximum atomic E-state index is 11.5. The monoisotopic (exact) mass is 327 g/mol. The fourth-order valence-corrected chi connectivity index (χ4v) is 2.51. The van der Waals surface area contributed by atoms with Crippen LogP contribution in [0.2, 0.25) is 0 Å². The molecule has 0 atom stereocenters. The lowest BCUT2D eigenvalue weighted by Gasteiger charge is -2.03. The zero-order valence-corrected chi connectivity index (χ0v) is 12.2. The van der Waals surface area contributed by atoms with Crippen LogP contribution in [-0.4, -0.2) is 36.5 Å². The van der Waals surface area contributed by atoms with Gasteiger partial charge in [0.05, 0.1) is 0 Å². The quantitative estimate of drug-likeness (QED) is 0.438. The number of benzene rings is 2. The minimum Gasteiger partial charge on any atom is -0.508 e. The summed E-state index contributed by atoms with van der Waals surface area (Å²) in [7, 11) is 0. The van der Waals surface area contributed by atoms with Crippen LogP contribution in [0.25, 0.3) is 22.4 Å². The average Bonchev–Trinajstić information content (AvgIpc) is 2.90. The zero-order chi connectivity index (χ0) is 17.4. The molecular weight excluding hydrogens is 314 g/mol. The van der Waals surface area contributed by atoms with Crippen LogP contribution >= 0.6 is 0 Å². The van der Waals surface area contributed by atoms with Gasteiger partial charge in [0, 0.05) is 29.0 Å². The molecule has 3 rings (SSSR count). The predicted octanol–water partition coefficient (Wildman–Crippen LogP) is 2.87. The second kappa shape index (κ2) is 5.54. The van der Waals surface area contributed by atoms with Crippen LogP contribution in [0.1, 0.15) is 10.5 Å². The van der Waals surface area contributed by atoms with Crippen molar-refractivity contribution in [2.24, 2.45) is 0 Å². The summed E-state index contributed by atoms with van der Waals surface area (Å²) in [6.07, 6.45) is 0. The third-order valence-corrected chi connectivity index (χ3v) is 3.46. The third kappa shape index (κ3) is 2.82. The van der Waals surface area contributed by atoms with Gasteiger partial charge < -0.3 is 30.5 Å². The van der Waals surface area contributed by atoms with E-state index in [4.69, 9.17) is 0 Å². The Bertz CT molecular complexity index is 904. The Morgan fingerprint density at radius 2 is 1.17 bits per heavy atom. The van der Waals surface area contributed by atoms with Crippen LogP contribution in [0, 0.1) is 0 Å². The highest BCUT2D eigenvalue weighted by Gasteiger charge is 2.18. The molecule has 1 aromatic heterocycles. The predicted molar refractivity (Wildman–Crippen MR) is 85.3 cm³/mol. The lowest BCUT2D eigenvalue weighted by molar-refractivity contribution is 0.0692. The number of hydrogen-bond donors (Lipinski definition) is 6. The van der Waals surface area contributed by atoms with Crippen molar-refractivity contribution in [3.05, 3.63) is 48.2 Å². The van der Waals surface area contributed by atoms with E-state index in [2.05, 4.69) is 4.98 Å². The molecular formula is C17H13NO6. The number of phenolic OH excluding ortho intramolecular Hbond substituents is 4. The molecule has 0 saturated heterocycles. The number of carboxylic acid groups (broad SMARTS) is 1. The Hall–Kier alpha value is -3.61. The van der Waals surface area contributed by atoms with Gasteiger partial charge in [-0.25, -0.2) is 4.79 Å².